The highest BCUT2D eigenvalue weighted by atomic mass is 19.1. The molecule has 2 aromatic rings. The molecule has 178 valence electrons. The Morgan fingerprint density at radius 3 is 2.65 bits per heavy atom. The molecule has 0 radical (unpaired) electrons. The summed E-state index contributed by atoms with van der Waals surface area (Å²) in [5, 5.41) is 5.91. The Labute approximate surface area is 197 Å². The summed E-state index contributed by atoms with van der Waals surface area (Å²) in [4.78, 5) is 41.1. The minimum atomic E-state index is -1.05. The van der Waals surface area contributed by atoms with Crippen LogP contribution in [0, 0.1) is 11.2 Å². The Morgan fingerprint density at radius 1 is 1.18 bits per heavy atom. The van der Waals surface area contributed by atoms with E-state index in [0.717, 1.165) is 44.6 Å². The van der Waals surface area contributed by atoms with Crippen molar-refractivity contribution < 1.29 is 14.0 Å². The van der Waals surface area contributed by atoms with Gasteiger partial charge in [-0.15, -0.1) is 0 Å². The molecule has 4 heterocycles. The first-order valence-electron chi connectivity index (χ1n) is 11.9. The molecule has 1 aromatic heterocycles. The fraction of sp³-hybridized carbons (Fsp3) is 0.500. The number of nitrogens with one attached hydrogen (secondary N) is 2. The molecule has 1 saturated carbocycles. The van der Waals surface area contributed by atoms with Crippen LogP contribution in [0.2, 0.25) is 0 Å². The second-order valence-electron chi connectivity index (χ2n) is 9.80. The summed E-state index contributed by atoms with van der Waals surface area (Å²) in [6, 6.07) is 5.13. The van der Waals surface area contributed by atoms with E-state index in [1.54, 1.807) is 17.2 Å². The van der Waals surface area contributed by atoms with Gasteiger partial charge >= 0.3 is 0 Å². The normalized spacial score (nSPS) is 25.0. The summed E-state index contributed by atoms with van der Waals surface area (Å²) in [5.74, 6) is 0.203. The predicted octanol–water partition coefficient (Wildman–Crippen LogP) is 1.67. The Balaban J connectivity index is 1.26. The number of nitrogens with zero attached hydrogens (tertiary/aromatic N) is 5. The van der Waals surface area contributed by atoms with Crippen LogP contribution >= 0.6 is 0 Å². The van der Waals surface area contributed by atoms with Crippen molar-refractivity contribution in [1.82, 2.24) is 20.2 Å². The van der Waals surface area contributed by atoms with Crippen molar-refractivity contribution in [1.29, 1.82) is 0 Å². The van der Waals surface area contributed by atoms with Crippen LogP contribution in [0.3, 0.4) is 0 Å². The quantitative estimate of drug-likeness (QED) is 0.664. The third-order valence-electron chi connectivity index (χ3n) is 7.42. The molecular weight excluding hydrogens is 437 g/mol. The van der Waals surface area contributed by atoms with Gasteiger partial charge in [-0.1, -0.05) is 0 Å². The van der Waals surface area contributed by atoms with E-state index in [9.17, 15) is 14.0 Å². The van der Waals surface area contributed by atoms with Crippen molar-refractivity contribution in [3.63, 3.8) is 0 Å². The lowest BCUT2D eigenvalue weighted by Crippen LogP contribution is -2.54. The fourth-order valence-electron chi connectivity index (χ4n) is 5.25. The molecule has 2 saturated heterocycles. The van der Waals surface area contributed by atoms with Gasteiger partial charge in [0.2, 0.25) is 17.8 Å². The molecule has 3 fully saturated rings. The maximum Gasteiger partial charge on any atom is 0.244 e. The van der Waals surface area contributed by atoms with E-state index < -0.39 is 5.41 Å². The van der Waals surface area contributed by atoms with Crippen LogP contribution in [0.1, 0.15) is 24.8 Å². The topological polar surface area (TPSA) is 93.7 Å². The van der Waals surface area contributed by atoms with E-state index in [0.29, 0.717) is 42.5 Å². The Bertz CT molecular complexity index is 1160. The van der Waals surface area contributed by atoms with Gasteiger partial charge in [0.15, 0.2) is 0 Å². The van der Waals surface area contributed by atoms with Crippen LogP contribution in [0.4, 0.5) is 27.5 Å². The highest BCUT2D eigenvalue weighted by Crippen LogP contribution is 2.45. The molecule has 1 unspecified atom stereocenters. The van der Waals surface area contributed by atoms with Gasteiger partial charge in [0.1, 0.15) is 17.1 Å². The summed E-state index contributed by atoms with van der Waals surface area (Å²) < 4.78 is 14.9. The van der Waals surface area contributed by atoms with Crippen molar-refractivity contribution in [2.45, 2.75) is 31.7 Å². The number of hydrogen-bond acceptors (Lipinski definition) is 7. The first kappa shape index (κ1) is 21.3. The highest BCUT2D eigenvalue weighted by molar-refractivity contribution is 6.14. The molecule has 9 nitrogen and oxygen atoms in total. The van der Waals surface area contributed by atoms with Crippen LogP contribution < -0.4 is 20.4 Å². The first-order valence-corrected chi connectivity index (χ1v) is 11.9. The summed E-state index contributed by atoms with van der Waals surface area (Å²) in [7, 11) is 2.07. The van der Waals surface area contributed by atoms with Gasteiger partial charge in [-0.2, -0.15) is 4.98 Å². The highest BCUT2D eigenvalue weighted by Gasteiger charge is 2.57. The van der Waals surface area contributed by atoms with E-state index in [2.05, 4.69) is 37.4 Å². The van der Waals surface area contributed by atoms with Gasteiger partial charge in [-0.3, -0.25) is 14.5 Å². The number of hydrogen-bond donors (Lipinski definition) is 2. The van der Waals surface area contributed by atoms with Crippen LogP contribution in [0.15, 0.2) is 24.4 Å². The fourth-order valence-corrected chi connectivity index (χ4v) is 5.25. The first-order chi connectivity index (χ1) is 16.4. The second kappa shape index (κ2) is 7.90. The summed E-state index contributed by atoms with van der Waals surface area (Å²) in [5.41, 5.74) is 0.888. The third kappa shape index (κ3) is 3.48. The Morgan fingerprint density at radius 2 is 1.97 bits per heavy atom. The van der Waals surface area contributed by atoms with E-state index in [1.807, 2.05) is 6.07 Å². The number of aromatic nitrogens is 2. The minimum Gasteiger partial charge on any atom is -0.367 e. The number of piperazine rings is 1. The lowest BCUT2D eigenvalue weighted by atomic mass is 9.76. The maximum atomic E-state index is 14.9. The van der Waals surface area contributed by atoms with Gasteiger partial charge < -0.3 is 20.4 Å². The molecule has 10 heteroatoms. The Hall–Kier alpha value is -3.27. The molecule has 6 rings (SSSR count). The van der Waals surface area contributed by atoms with E-state index in [-0.39, 0.29) is 23.7 Å². The summed E-state index contributed by atoms with van der Waals surface area (Å²) in [6.45, 7) is 3.90. The molecule has 1 aromatic carbocycles. The van der Waals surface area contributed by atoms with Crippen LogP contribution in [0.25, 0.3) is 0 Å². The largest absolute Gasteiger partial charge is 0.367 e. The van der Waals surface area contributed by atoms with Crippen LogP contribution in [0.5, 0.6) is 0 Å². The summed E-state index contributed by atoms with van der Waals surface area (Å²) >= 11 is 0. The minimum absolute atomic E-state index is 0.0693. The van der Waals surface area contributed by atoms with Crippen molar-refractivity contribution in [3.05, 3.63) is 35.8 Å². The molecule has 2 N–H and O–H groups in total. The number of fused-ring (bicyclic) bond motifs is 1. The second-order valence-corrected chi connectivity index (χ2v) is 9.80. The SMILES string of the molecule is CN1CCN(c2ccc(Nc3ncc4c(n3)N(C3CC3)C(=O)C3(CCNC3=O)C4)cc2F)CC1. The maximum absolute atomic E-state index is 14.9. The number of carbonyl (C=O) groups excluding carboxylic acids is 2. The molecule has 1 atom stereocenters. The molecule has 1 aliphatic carbocycles. The number of rotatable bonds is 4. The van der Waals surface area contributed by atoms with Crippen molar-refractivity contribution >= 4 is 35.0 Å². The average Bonchev–Trinajstić information content (AvgIpc) is 3.59. The molecule has 4 aliphatic rings. The molecule has 1 spiro atoms. The van der Waals surface area contributed by atoms with E-state index >= 15 is 0 Å². The van der Waals surface area contributed by atoms with Crippen molar-refractivity contribution in [3.8, 4) is 0 Å². The van der Waals surface area contributed by atoms with Crippen molar-refractivity contribution in [2.24, 2.45) is 5.41 Å². The molecule has 34 heavy (non-hydrogen) atoms. The van der Waals surface area contributed by atoms with Crippen LogP contribution in [-0.4, -0.2) is 72.5 Å². The average molecular weight is 466 g/mol. The van der Waals surface area contributed by atoms with Gasteiger partial charge in [-0.05, 0) is 44.5 Å². The number of halogens is 1. The number of likely N-dealkylation sites (N-methyl/N-ethyl adjacent to an activating group) is 1. The number of amides is 2. The lowest BCUT2D eigenvalue weighted by molar-refractivity contribution is -0.139. The number of carbonyl (C=O) groups is 2. The number of anilines is 4. The van der Waals surface area contributed by atoms with E-state index in [1.165, 1.54) is 6.07 Å². The molecule has 0 bridgehead atoms. The molecule has 2 amide bonds. The molecular formula is C24H28FN7O2. The third-order valence-corrected chi connectivity index (χ3v) is 7.42. The monoisotopic (exact) mass is 465 g/mol. The Kier molecular flexibility index (Phi) is 4.94. The zero-order valence-corrected chi connectivity index (χ0v) is 19.2. The zero-order valence-electron chi connectivity index (χ0n) is 19.2. The van der Waals surface area contributed by atoms with E-state index in [4.69, 9.17) is 0 Å². The molecule has 3 aliphatic heterocycles. The van der Waals surface area contributed by atoms with Gasteiger partial charge in [0.25, 0.3) is 0 Å². The van der Waals surface area contributed by atoms with Gasteiger partial charge in [0, 0.05) is 62.6 Å². The standard InChI is InChI=1S/C24H28FN7O2/c1-30-8-10-31(11-9-30)19-5-2-16(12-18(19)25)28-23-27-14-15-13-24(6-7-26-21(24)33)22(34)32(17-3-4-17)20(15)29-23/h2,5,12,14,17H,3-4,6-11,13H2,1H3,(H,26,33)(H,27,28,29). The smallest absolute Gasteiger partial charge is 0.244 e. The van der Waals surface area contributed by atoms with Gasteiger partial charge in [0.05, 0.1) is 5.69 Å². The van der Waals surface area contributed by atoms with Crippen LogP contribution in [-0.2, 0) is 16.0 Å². The predicted molar refractivity (Wildman–Crippen MR) is 126 cm³/mol. The van der Waals surface area contributed by atoms with Crippen molar-refractivity contribution in [2.75, 3.05) is 54.9 Å². The summed E-state index contributed by atoms with van der Waals surface area (Å²) in [6.07, 6.45) is 4.29. The van der Waals surface area contributed by atoms with Gasteiger partial charge in [-0.25, -0.2) is 9.37 Å². The zero-order chi connectivity index (χ0) is 23.4. The lowest BCUT2D eigenvalue weighted by Gasteiger charge is -2.38. The number of benzene rings is 1.